The fraction of sp³-hybridized carbons (Fsp3) is 0.231. The quantitative estimate of drug-likeness (QED) is 0.924. The highest BCUT2D eigenvalue weighted by molar-refractivity contribution is 6.31. The molecule has 1 heterocycles. The largest absolute Gasteiger partial charge is 0.347 e. The van der Waals surface area contributed by atoms with E-state index in [2.05, 4.69) is 10.4 Å². The first-order valence-corrected chi connectivity index (χ1v) is 5.98. The van der Waals surface area contributed by atoms with Gasteiger partial charge in [-0.1, -0.05) is 29.8 Å². The van der Waals surface area contributed by atoms with Crippen LogP contribution in [0.3, 0.4) is 0 Å². The molecule has 0 fully saturated rings. The van der Waals surface area contributed by atoms with Gasteiger partial charge in [-0.2, -0.15) is 5.10 Å². The average molecular weight is 264 g/mol. The number of hydrogen-bond donors (Lipinski definition) is 1. The SMILES string of the molecule is Cc1cc(C(=O)NCc2ccccc2Cl)n(C)n1. The number of benzene rings is 1. The predicted molar refractivity (Wildman–Crippen MR) is 70.6 cm³/mol. The van der Waals surface area contributed by atoms with Gasteiger partial charge < -0.3 is 5.32 Å². The Morgan fingerprint density at radius 2 is 2.17 bits per heavy atom. The van der Waals surface area contributed by atoms with Crippen molar-refractivity contribution < 1.29 is 4.79 Å². The number of nitrogens with zero attached hydrogens (tertiary/aromatic N) is 2. The van der Waals surface area contributed by atoms with E-state index >= 15 is 0 Å². The van der Waals surface area contributed by atoms with Crippen LogP contribution in [0.4, 0.5) is 0 Å². The summed E-state index contributed by atoms with van der Waals surface area (Å²) in [4.78, 5) is 11.9. The molecule has 0 spiro atoms. The third-order valence-corrected chi connectivity index (χ3v) is 3.00. The number of carbonyl (C=O) groups is 1. The number of aryl methyl sites for hydroxylation is 2. The molecule has 1 amide bonds. The van der Waals surface area contributed by atoms with Crippen LogP contribution in [0.1, 0.15) is 21.7 Å². The molecule has 0 aliphatic rings. The molecule has 0 bridgehead atoms. The van der Waals surface area contributed by atoms with Gasteiger partial charge in [0.25, 0.3) is 5.91 Å². The molecule has 0 saturated heterocycles. The number of rotatable bonds is 3. The van der Waals surface area contributed by atoms with Gasteiger partial charge in [0.2, 0.25) is 0 Å². The molecule has 0 radical (unpaired) electrons. The molecule has 1 N–H and O–H groups in total. The molecule has 94 valence electrons. The van der Waals surface area contributed by atoms with Crippen molar-refractivity contribution in [2.45, 2.75) is 13.5 Å². The van der Waals surface area contributed by atoms with Crippen LogP contribution in [0, 0.1) is 6.92 Å². The molecule has 1 aromatic carbocycles. The van der Waals surface area contributed by atoms with E-state index in [1.54, 1.807) is 23.9 Å². The summed E-state index contributed by atoms with van der Waals surface area (Å²) in [5.41, 5.74) is 2.26. The van der Waals surface area contributed by atoms with Crippen molar-refractivity contribution >= 4 is 17.5 Å². The van der Waals surface area contributed by atoms with Gasteiger partial charge in [0.1, 0.15) is 5.69 Å². The van der Waals surface area contributed by atoms with Crippen LogP contribution in [-0.2, 0) is 13.6 Å². The molecule has 0 aliphatic heterocycles. The third-order valence-electron chi connectivity index (χ3n) is 2.63. The standard InChI is InChI=1S/C13H14ClN3O/c1-9-7-12(17(2)16-9)13(18)15-8-10-5-3-4-6-11(10)14/h3-7H,8H2,1-2H3,(H,15,18). The molecule has 4 nitrogen and oxygen atoms in total. The first kappa shape index (κ1) is 12.6. The van der Waals surface area contributed by atoms with Gasteiger partial charge in [-0.3, -0.25) is 9.48 Å². The minimum absolute atomic E-state index is 0.155. The fourth-order valence-electron chi connectivity index (χ4n) is 1.73. The second-order valence-corrected chi connectivity index (χ2v) is 4.48. The molecule has 0 unspecified atom stereocenters. The van der Waals surface area contributed by atoms with E-state index < -0.39 is 0 Å². The van der Waals surface area contributed by atoms with Crippen LogP contribution in [0.15, 0.2) is 30.3 Å². The summed E-state index contributed by atoms with van der Waals surface area (Å²) in [7, 11) is 1.75. The Bertz CT molecular complexity index is 577. The van der Waals surface area contributed by atoms with E-state index in [0.717, 1.165) is 11.3 Å². The zero-order valence-corrected chi connectivity index (χ0v) is 11.0. The second kappa shape index (κ2) is 5.23. The van der Waals surface area contributed by atoms with Crippen LogP contribution in [0.5, 0.6) is 0 Å². The summed E-state index contributed by atoms with van der Waals surface area (Å²) < 4.78 is 1.57. The van der Waals surface area contributed by atoms with Crippen molar-refractivity contribution in [2.75, 3.05) is 0 Å². The lowest BCUT2D eigenvalue weighted by Crippen LogP contribution is -2.25. The minimum atomic E-state index is -0.155. The predicted octanol–water partition coefficient (Wildman–Crippen LogP) is 2.31. The van der Waals surface area contributed by atoms with Crippen molar-refractivity contribution in [3.63, 3.8) is 0 Å². The summed E-state index contributed by atoms with van der Waals surface area (Å²) in [6.07, 6.45) is 0. The van der Waals surface area contributed by atoms with Crippen LogP contribution < -0.4 is 5.32 Å². The molecule has 5 heteroatoms. The zero-order valence-electron chi connectivity index (χ0n) is 10.3. The third kappa shape index (κ3) is 2.71. The van der Waals surface area contributed by atoms with Crippen LogP contribution >= 0.6 is 11.6 Å². The van der Waals surface area contributed by atoms with E-state index in [4.69, 9.17) is 11.6 Å². The summed E-state index contributed by atoms with van der Waals surface area (Å²) >= 11 is 6.02. The van der Waals surface area contributed by atoms with Gasteiger partial charge in [0, 0.05) is 18.6 Å². The minimum Gasteiger partial charge on any atom is -0.347 e. The topological polar surface area (TPSA) is 46.9 Å². The number of carbonyl (C=O) groups excluding carboxylic acids is 1. The van der Waals surface area contributed by atoms with Crippen molar-refractivity contribution in [1.82, 2.24) is 15.1 Å². The highest BCUT2D eigenvalue weighted by atomic mass is 35.5. The molecule has 1 aromatic heterocycles. The van der Waals surface area contributed by atoms with E-state index in [9.17, 15) is 4.79 Å². The Hall–Kier alpha value is -1.81. The van der Waals surface area contributed by atoms with Crippen molar-refractivity contribution in [3.05, 3.63) is 52.3 Å². The Morgan fingerprint density at radius 1 is 1.44 bits per heavy atom. The first-order chi connectivity index (χ1) is 8.58. The summed E-state index contributed by atoms with van der Waals surface area (Å²) in [6, 6.07) is 9.19. The highest BCUT2D eigenvalue weighted by Crippen LogP contribution is 2.14. The molecule has 18 heavy (non-hydrogen) atoms. The fourth-order valence-corrected chi connectivity index (χ4v) is 1.93. The molecule has 0 saturated carbocycles. The van der Waals surface area contributed by atoms with Gasteiger partial charge in [-0.05, 0) is 24.6 Å². The van der Waals surface area contributed by atoms with Crippen molar-refractivity contribution in [1.29, 1.82) is 0 Å². The van der Waals surface area contributed by atoms with E-state index in [-0.39, 0.29) is 5.91 Å². The van der Waals surface area contributed by atoms with Crippen molar-refractivity contribution in [2.24, 2.45) is 7.05 Å². The van der Waals surface area contributed by atoms with Gasteiger partial charge in [0.05, 0.1) is 5.69 Å². The van der Waals surface area contributed by atoms with Crippen LogP contribution in [0.2, 0.25) is 5.02 Å². The summed E-state index contributed by atoms with van der Waals surface area (Å²) in [6.45, 7) is 2.26. The molecule has 2 aromatic rings. The normalized spacial score (nSPS) is 10.4. The van der Waals surface area contributed by atoms with Gasteiger partial charge in [-0.15, -0.1) is 0 Å². The lowest BCUT2D eigenvalue weighted by molar-refractivity contribution is 0.0941. The van der Waals surface area contributed by atoms with E-state index in [1.807, 2.05) is 25.1 Å². The molecule has 0 aliphatic carbocycles. The maximum absolute atomic E-state index is 11.9. The zero-order chi connectivity index (χ0) is 13.1. The Labute approximate surface area is 111 Å². The van der Waals surface area contributed by atoms with Crippen molar-refractivity contribution in [3.8, 4) is 0 Å². The number of aromatic nitrogens is 2. The van der Waals surface area contributed by atoms with Gasteiger partial charge in [-0.25, -0.2) is 0 Å². The maximum atomic E-state index is 11.9. The van der Waals surface area contributed by atoms with Gasteiger partial charge >= 0.3 is 0 Å². The highest BCUT2D eigenvalue weighted by Gasteiger charge is 2.11. The van der Waals surface area contributed by atoms with Crippen LogP contribution in [-0.4, -0.2) is 15.7 Å². The summed E-state index contributed by atoms with van der Waals surface area (Å²) in [5.74, 6) is -0.155. The molecular formula is C13H14ClN3O. The molecule has 0 atom stereocenters. The Morgan fingerprint density at radius 3 is 2.78 bits per heavy atom. The Balaban J connectivity index is 2.05. The number of halogens is 1. The monoisotopic (exact) mass is 263 g/mol. The van der Waals surface area contributed by atoms with E-state index in [0.29, 0.717) is 17.3 Å². The lowest BCUT2D eigenvalue weighted by atomic mass is 10.2. The smallest absolute Gasteiger partial charge is 0.269 e. The number of hydrogen-bond acceptors (Lipinski definition) is 2. The second-order valence-electron chi connectivity index (χ2n) is 4.07. The summed E-state index contributed by atoms with van der Waals surface area (Å²) in [5, 5.41) is 7.61. The Kier molecular flexibility index (Phi) is 3.67. The number of nitrogens with one attached hydrogen (secondary N) is 1. The maximum Gasteiger partial charge on any atom is 0.269 e. The lowest BCUT2D eigenvalue weighted by Gasteiger charge is -2.06. The van der Waals surface area contributed by atoms with Crippen LogP contribution in [0.25, 0.3) is 0 Å². The molecule has 2 rings (SSSR count). The van der Waals surface area contributed by atoms with Gasteiger partial charge in [0.15, 0.2) is 0 Å². The number of amides is 1. The first-order valence-electron chi connectivity index (χ1n) is 5.60. The van der Waals surface area contributed by atoms with E-state index in [1.165, 1.54) is 0 Å². The average Bonchev–Trinajstić information content (AvgIpc) is 2.67. The molecular weight excluding hydrogens is 250 g/mol.